The first-order valence-corrected chi connectivity index (χ1v) is 14.0. The van der Waals surface area contributed by atoms with E-state index in [-0.39, 0.29) is 5.91 Å². The Bertz CT molecular complexity index is 1340. The summed E-state index contributed by atoms with van der Waals surface area (Å²) in [6, 6.07) is 20.1. The SMILES string of the molecule is CN[C@H]1CC[C@H](CC(=O)Nc2cnc(-c3ccc([C@]4(NC(=O)O)C[C@](C)(O)C4)cc3)c(-c3ccccc3)c2)CC1. The molecule has 0 unspecified atom stereocenters. The number of nitrogens with zero attached hydrogens (tertiary/aromatic N) is 1. The molecule has 2 aliphatic rings. The van der Waals surface area contributed by atoms with Crippen LogP contribution in [-0.4, -0.2) is 45.9 Å². The smallest absolute Gasteiger partial charge is 0.405 e. The number of amides is 2. The summed E-state index contributed by atoms with van der Waals surface area (Å²) in [4.78, 5) is 29.2. The maximum absolute atomic E-state index is 12.9. The third-order valence-electron chi connectivity index (χ3n) is 8.41. The van der Waals surface area contributed by atoms with Crippen LogP contribution in [0.15, 0.2) is 66.9 Å². The predicted molar refractivity (Wildman–Crippen MR) is 156 cm³/mol. The average molecular weight is 543 g/mol. The molecule has 1 aromatic heterocycles. The number of aromatic nitrogens is 1. The first-order valence-electron chi connectivity index (χ1n) is 14.0. The lowest BCUT2D eigenvalue weighted by Crippen LogP contribution is -2.61. The topological polar surface area (TPSA) is 124 Å². The summed E-state index contributed by atoms with van der Waals surface area (Å²) in [5.74, 6) is 0.417. The lowest BCUT2D eigenvalue weighted by molar-refractivity contribution is -0.117. The molecule has 8 heteroatoms. The quantitative estimate of drug-likeness (QED) is 0.255. The monoisotopic (exact) mass is 542 g/mol. The van der Waals surface area contributed by atoms with Crippen molar-refractivity contribution >= 4 is 17.7 Å². The molecule has 0 saturated heterocycles. The second-order valence-electron chi connectivity index (χ2n) is 11.7. The molecule has 2 amide bonds. The second-order valence-corrected chi connectivity index (χ2v) is 11.7. The van der Waals surface area contributed by atoms with Crippen molar-refractivity contribution < 1.29 is 19.8 Å². The van der Waals surface area contributed by atoms with E-state index in [1.165, 1.54) is 0 Å². The minimum atomic E-state index is -1.11. The van der Waals surface area contributed by atoms with Crippen molar-refractivity contribution in [1.29, 1.82) is 0 Å². The third-order valence-corrected chi connectivity index (χ3v) is 8.41. The lowest BCUT2D eigenvalue weighted by Gasteiger charge is -2.51. The summed E-state index contributed by atoms with van der Waals surface area (Å²) in [6.07, 6.45) is 6.04. The van der Waals surface area contributed by atoms with Gasteiger partial charge in [0.2, 0.25) is 5.91 Å². The van der Waals surface area contributed by atoms with E-state index in [4.69, 9.17) is 4.98 Å². The number of rotatable bonds is 8. The standard InChI is InChI=1S/C32H38N4O4/c1-31(40)19-32(20-31,36-30(38)39)24-12-10-23(11-13-24)29-27(22-6-4-3-5-7-22)17-26(18-34-29)35-28(37)16-21-8-14-25(33-2)15-9-21/h3-7,10-13,17-18,21,25,33,36,40H,8-9,14-16,19-20H2,1-2H3,(H,35,37)(H,38,39)/t21-,25-,31-,32-. The normalized spacial score (nSPS) is 26.0. The Morgan fingerprint density at radius 2 is 1.65 bits per heavy atom. The number of hydrogen-bond acceptors (Lipinski definition) is 5. The lowest BCUT2D eigenvalue weighted by atomic mass is 9.62. The van der Waals surface area contributed by atoms with Gasteiger partial charge in [0.15, 0.2) is 0 Å². The molecule has 2 aromatic carbocycles. The van der Waals surface area contributed by atoms with Crippen LogP contribution in [0.25, 0.3) is 22.4 Å². The van der Waals surface area contributed by atoms with Crippen molar-refractivity contribution in [1.82, 2.24) is 15.6 Å². The van der Waals surface area contributed by atoms with E-state index in [2.05, 4.69) is 16.0 Å². The summed E-state index contributed by atoms with van der Waals surface area (Å²) in [5, 5.41) is 28.8. The Balaban J connectivity index is 1.37. The molecule has 0 spiro atoms. The largest absolute Gasteiger partial charge is 0.465 e. The van der Waals surface area contributed by atoms with Crippen LogP contribution in [0.2, 0.25) is 0 Å². The fraction of sp³-hybridized carbons (Fsp3) is 0.406. The number of hydrogen-bond donors (Lipinski definition) is 5. The van der Waals surface area contributed by atoms with E-state index < -0.39 is 17.2 Å². The van der Waals surface area contributed by atoms with Crippen LogP contribution in [0.5, 0.6) is 0 Å². The third kappa shape index (κ3) is 6.18. The van der Waals surface area contributed by atoms with Crippen LogP contribution in [-0.2, 0) is 10.3 Å². The highest BCUT2D eigenvalue weighted by molar-refractivity contribution is 5.93. The van der Waals surface area contributed by atoms with Gasteiger partial charge < -0.3 is 26.2 Å². The zero-order valence-electron chi connectivity index (χ0n) is 23.1. The number of pyridine rings is 1. The van der Waals surface area contributed by atoms with E-state index in [0.29, 0.717) is 36.9 Å². The van der Waals surface area contributed by atoms with E-state index in [1.807, 2.05) is 67.7 Å². The number of carbonyl (C=O) groups excluding carboxylic acids is 1. The Kier molecular flexibility index (Phi) is 7.92. The molecular formula is C32H38N4O4. The van der Waals surface area contributed by atoms with Gasteiger partial charge in [-0.05, 0) is 62.8 Å². The van der Waals surface area contributed by atoms with Gasteiger partial charge in [0.25, 0.3) is 0 Å². The molecule has 8 nitrogen and oxygen atoms in total. The molecule has 0 atom stereocenters. The van der Waals surface area contributed by atoms with Crippen LogP contribution in [0.1, 0.15) is 57.4 Å². The highest BCUT2D eigenvalue weighted by Crippen LogP contribution is 2.48. The van der Waals surface area contributed by atoms with Crippen LogP contribution < -0.4 is 16.0 Å². The predicted octanol–water partition coefficient (Wildman–Crippen LogP) is 5.53. The Morgan fingerprint density at radius 1 is 0.975 bits per heavy atom. The van der Waals surface area contributed by atoms with Gasteiger partial charge in [-0.1, -0.05) is 54.6 Å². The van der Waals surface area contributed by atoms with Crippen molar-refractivity contribution in [2.75, 3.05) is 12.4 Å². The molecule has 1 heterocycles. The molecule has 5 rings (SSSR count). The van der Waals surface area contributed by atoms with Gasteiger partial charge in [-0.2, -0.15) is 0 Å². The molecular weight excluding hydrogens is 504 g/mol. The Hall–Kier alpha value is -3.75. The van der Waals surface area contributed by atoms with Crippen molar-refractivity contribution in [2.45, 2.75) is 69.1 Å². The van der Waals surface area contributed by atoms with Crippen molar-refractivity contribution in [2.24, 2.45) is 5.92 Å². The molecule has 2 fully saturated rings. The molecule has 2 aliphatic carbocycles. The van der Waals surface area contributed by atoms with Crippen LogP contribution >= 0.6 is 0 Å². The summed E-state index contributed by atoms with van der Waals surface area (Å²) in [6.45, 7) is 1.72. The first-order chi connectivity index (χ1) is 19.2. The molecule has 3 aromatic rings. The minimum absolute atomic E-state index is 0.0124. The van der Waals surface area contributed by atoms with Crippen molar-refractivity contribution in [3.05, 3.63) is 72.4 Å². The summed E-state index contributed by atoms with van der Waals surface area (Å²) < 4.78 is 0. The van der Waals surface area contributed by atoms with Gasteiger partial charge in [-0.25, -0.2) is 4.79 Å². The minimum Gasteiger partial charge on any atom is -0.465 e. The fourth-order valence-corrected chi connectivity index (χ4v) is 6.50. The van der Waals surface area contributed by atoms with Crippen molar-refractivity contribution in [3.63, 3.8) is 0 Å². The number of anilines is 1. The molecule has 5 N–H and O–H groups in total. The van der Waals surface area contributed by atoms with Gasteiger partial charge in [-0.3, -0.25) is 9.78 Å². The average Bonchev–Trinajstić information content (AvgIpc) is 2.92. The van der Waals surface area contributed by atoms with Crippen LogP contribution in [0, 0.1) is 5.92 Å². The molecule has 40 heavy (non-hydrogen) atoms. The summed E-state index contributed by atoms with van der Waals surface area (Å²) in [7, 11) is 2.00. The number of carboxylic acid groups (broad SMARTS) is 1. The van der Waals surface area contributed by atoms with Crippen LogP contribution in [0.3, 0.4) is 0 Å². The summed E-state index contributed by atoms with van der Waals surface area (Å²) >= 11 is 0. The van der Waals surface area contributed by atoms with Crippen molar-refractivity contribution in [3.8, 4) is 22.4 Å². The molecule has 0 aliphatic heterocycles. The number of benzene rings is 2. The van der Waals surface area contributed by atoms with Crippen LogP contribution in [0.4, 0.5) is 10.5 Å². The molecule has 0 radical (unpaired) electrons. The fourth-order valence-electron chi connectivity index (χ4n) is 6.50. The Morgan fingerprint density at radius 3 is 2.25 bits per heavy atom. The maximum atomic E-state index is 12.9. The zero-order valence-corrected chi connectivity index (χ0v) is 23.1. The zero-order chi connectivity index (χ0) is 28.3. The molecule has 0 bridgehead atoms. The van der Waals surface area contributed by atoms with Gasteiger partial charge >= 0.3 is 6.09 Å². The maximum Gasteiger partial charge on any atom is 0.405 e. The van der Waals surface area contributed by atoms with E-state index in [0.717, 1.165) is 53.6 Å². The number of nitrogens with one attached hydrogen (secondary N) is 3. The summed E-state index contributed by atoms with van der Waals surface area (Å²) in [5.41, 5.74) is 3.26. The van der Waals surface area contributed by atoms with Gasteiger partial charge in [0.05, 0.1) is 28.7 Å². The van der Waals surface area contributed by atoms with E-state index >= 15 is 0 Å². The van der Waals surface area contributed by atoms with E-state index in [9.17, 15) is 19.8 Å². The number of carbonyl (C=O) groups is 2. The van der Waals surface area contributed by atoms with Gasteiger partial charge in [-0.15, -0.1) is 0 Å². The second kappa shape index (κ2) is 11.4. The molecule has 2 saturated carbocycles. The highest BCUT2D eigenvalue weighted by Gasteiger charge is 2.53. The Labute approximate surface area is 235 Å². The molecule has 210 valence electrons. The number of aliphatic hydroxyl groups is 1. The van der Waals surface area contributed by atoms with Gasteiger partial charge in [0, 0.05) is 36.4 Å². The van der Waals surface area contributed by atoms with E-state index in [1.54, 1.807) is 13.1 Å². The first kappa shape index (κ1) is 27.8. The van der Waals surface area contributed by atoms with Gasteiger partial charge in [0.1, 0.15) is 0 Å². The highest BCUT2D eigenvalue weighted by atomic mass is 16.4.